The minimum absolute atomic E-state index is 0.104. The predicted octanol–water partition coefficient (Wildman–Crippen LogP) is 7.31. The Morgan fingerprint density at radius 3 is 2.53 bits per heavy atom. The number of nitrogens with one attached hydrogen (secondary N) is 1. The third-order valence-corrected chi connectivity index (χ3v) is 6.26. The van der Waals surface area contributed by atoms with E-state index >= 15 is 0 Å². The van der Waals surface area contributed by atoms with E-state index in [9.17, 15) is 0 Å². The normalized spacial score (nSPS) is 16.6. The minimum atomic E-state index is 0.104. The fourth-order valence-electron chi connectivity index (χ4n) is 4.23. The van der Waals surface area contributed by atoms with Gasteiger partial charge in [-0.25, -0.2) is 4.98 Å². The first-order valence-electron chi connectivity index (χ1n) is 10.5. The predicted molar refractivity (Wildman–Crippen MR) is 128 cm³/mol. The highest BCUT2D eigenvalue weighted by molar-refractivity contribution is 5.83. The Morgan fingerprint density at radius 2 is 1.93 bits per heavy atom. The highest BCUT2D eigenvalue weighted by Crippen LogP contribution is 2.58. The molecule has 1 aromatic heterocycles. The summed E-state index contributed by atoms with van der Waals surface area (Å²) in [5.41, 5.74) is 11.2. The molecule has 1 heterocycles. The topological polar surface area (TPSA) is 24.9 Å². The second-order valence-electron chi connectivity index (χ2n) is 8.17. The first-order valence-corrected chi connectivity index (χ1v) is 10.5. The van der Waals surface area contributed by atoms with Crippen LogP contribution in [0, 0.1) is 5.41 Å². The van der Waals surface area contributed by atoms with Crippen molar-refractivity contribution >= 4 is 17.5 Å². The third kappa shape index (κ3) is 3.75. The molecule has 2 aromatic rings. The lowest BCUT2D eigenvalue weighted by molar-refractivity contribution is 0.670. The molecule has 1 N–H and O–H groups in total. The second kappa shape index (κ2) is 8.18. The van der Waals surface area contributed by atoms with Crippen molar-refractivity contribution in [1.29, 1.82) is 0 Å². The van der Waals surface area contributed by atoms with Crippen LogP contribution in [0.15, 0.2) is 97.1 Å². The van der Waals surface area contributed by atoms with Crippen molar-refractivity contribution < 1.29 is 0 Å². The molecular weight excluding hydrogens is 364 g/mol. The molecule has 1 fully saturated rings. The molecule has 30 heavy (non-hydrogen) atoms. The summed E-state index contributed by atoms with van der Waals surface area (Å²) in [6, 6.07) is 12.2. The van der Waals surface area contributed by atoms with Crippen LogP contribution >= 0.6 is 0 Å². The summed E-state index contributed by atoms with van der Waals surface area (Å²) < 4.78 is 0. The van der Waals surface area contributed by atoms with E-state index in [4.69, 9.17) is 0 Å². The summed E-state index contributed by atoms with van der Waals surface area (Å²) in [5, 5.41) is 3.47. The van der Waals surface area contributed by atoms with E-state index in [2.05, 4.69) is 67.0 Å². The lowest BCUT2D eigenvalue weighted by atomic mass is 9.85. The van der Waals surface area contributed by atoms with E-state index in [1.807, 2.05) is 36.5 Å². The van der Waals surface area contributed by atoms with Crippen molar-refractivity contribution in [3.05, 3.63) is 114 Å². The zero-order valence-electron chi connectivity index (χ0n) is 17.7. The molecule has 0 aliphatic heterocycles. The Bertz CT molecular complexity index is 1100. The minimum Gasteiger partial charge on any atom is -0.344 e. The highest BCUT2D eigenvalue weighted by atomic mass is 15.0. The Hall–Kier alpha value is -3.35. The number of benzene rings is 1. The average molecular weight is 393 g/mol. The molecule has 4 rings (SSSR count). The smallest absolute Gasteiger partial charge is 0.130 e. The second-order valence-corrected chi connectivity index (χ2v) is 8.17. The molecule has 1 aromatic carbocycles. The van der Waals surface area contributed by atoms with Gasteiger partial charge < -0.3 is 5.32 Å². The first-order chi connectivity index (χ1) is 14.6. The van der Waals surface area contributed by atoms with E-state index in [0.717, 1.165) is 59.5 Å². The molecular formula is C28H28N2. The van der Waals surface area contributed by atoms with E-state index < -0.39 is 0 Å². The van der Waals surface area contributed by atoms with Crippen LogP contribution in [0.5, 0.6) is 0 Å². The van der Waals surface area contributed by atoms with Gasteiger partial charge >= 0.3 is 0 Å². The molecule has 0 bridgehead atoms. The van der Waals surface area contributed by atoms with Crippen LogP contribution in [0.4, 0.5) is 5.82 Å². The lowest BCUT2D eigenvalue weighted by Crippen LogP contribution is -2.16. The van der Waals surface area contributed by atoms with E-state index in [-0.39, 0.29) is 5.41 Å². The van der Waals surface area contributed by atoms with Crippen molar-refractivity contribution in [1.82, 2.24) is 4.98 Å². The van der Waals surface area contributed by atoms with Crippen molar-refractivity contribution in [2.75, 3.05) is 5.32 Å². The third-order valence-electron chi connectivity index (χ3n) is 6.26. The molecule has 0 amide bonds. The van der Waals surface area contributed by atoms with Gasteiger partial charge in [-0.05, 0) is 55.9 Å². The maximum Gasteiger partial charge on any atom is 0.130 e. The monoisotopic (exact) mass is 392 g/mol. The number of rotatable bonds is 7. The fraction of sp³-hybridized carbons (Fsp3) is 0.214. The van der Waals surface area contributed by atoms with Crippen molar-refractivity contribution in [2.24, 2.45) is 5.41 Å². The lowest BCUT2D eigenvalue weighted by Gasteiger charge is -2.25. The standard InChI is InChI=1S/C28H28N2/c1-5-22-9-7-8-10-26(22)25(6-2)23-13-16-27(29-19-23)30-21(4)28(17-18-28)24-14-11-20(3)12-15-24/h5,7-11,13-14,16,19H,1-2,4,12,15,17-18H2,3H3,(H,29,30). The van der Waals surface area contributed by atoms with Gasteiger partial charge in [-0.3, -0.25) is 0 Å². The fourth-order valence-corrected chi connectivity index (χ4v) is 4.23. The van der Waals surface area contributed by atoms with Gasteiger partial charge in [0, 0.05) is 28.4 Å². The molecule has 2 nitrogen and oxygen atoms in total. The zero-order valence-corrected chi connectivity index (χ0v) is 17.7. The summed E-state index contributed by atoms with van der Waals surface area (Å²) in [5.74, 6) is 0.818. The van der Waals surface area contributed by atoms with E-state index in [1.54, 1.807) is 0 Å². The maximum atomic E-state index is 4.65. The SMILES string of the molecule is C=C=C(c1ccc(NC(=C)C2(C3=CC=C(C)CC3)CC2)nc1)c1ccccc1C=C. The van der Waals surface area contributed by atoms with Gasteiger partial charge in [0.1, 0.15) is 5.82 Å². The molecule has 2 aliphatic carbocycles. The number of allylic oxidation sites excluding steroid dienone is 4. The zero-order chi connectivity index (χ0) is 21.1. The van der Waals surface area contributed by atoms with Gasteiger partial charge in [0.15, 0.2) is 0 Å². The van der Waals surface area contributed by atoms with Crippen molar-refractivity contribution in [2.45, 2.75) is 32.6 Å². The quantitative estimate of drug-likeness (QED) is 0.500. The molecule has 0 atom stereocenters. The number of aromatic nitrogens is 1. The van der Waals surface area contributed by atoms with Crippen LogP contribution in [-0.4, -0.2) is 4.98 Å². The van der Waals surface area contributed by atoms with Crippen LogP contribution in [0.2, 0.25) is 0 Å². The van der Waals surface area contributed by atoms with Gasteiger partial charge in [-0.1, -0.05) is 73.4 Å². The number of hydrogen-bond donors (Lipinski definition) is 1. The van der Waals surface area contributed by atoms with E-state index in [1.165, 1.54) is 11.1 Å². The molecule has 0 unspecified atom stereocenters. The maximum absolute atomic E-state index is 4.65. The van der Waals surface area contributed by atoms with Crippen LogP contribution in [0.1, 0.15) is 49.3 Å². The number of hydrogen-bond acceptors (Lipinski definition) is 2. The number of anilines is 1. The van der Waals surface area contributed by atoms with Gasteiger partial charge in [-0.15, -0.1) is 5.73 Å². The van der Waals surface area contributed by atoms with Gasteiger partial charge in [0.05, 0.1) is 0 Å². The molecule has 1 saturated carbocycles. The van der Waals surface area contributed by atoms with Crippen molar-refractivity contribution in [3.63, 3.8) is 0 Å². The average Bonchev–Trinajstić information content (AvgIpc) is 3.58. The van der Waals surface area contributed by atoms with Gasteiger partial charge in [-0.2, -0.15) is 0 Å². The van der Waals surface area contributed by atoms with Crippen LogP contribution in [0.25, 0.3) is 11.6 Å². The number of nitrogens with zero attached hydrogens (tertiary/aromatic N) is 1. The van der Waals surface area contributed by atoms with Crippen LogP contribution in [0.3, 0.4) is 0 Å². The summed E-state index contributed by atoms with van der Waals surface area (Å²) >= 11 is 0. The highest BCUT2D eigenvalue weighted by Gasteiger charge is 2.48. The van der Waals surface area contributed by atoms with Gasteiger partial charge in [0.2, 0.25) is 0 Å². The summed E-state index contributed by atoms with van der Waals surface area (Å²) in [4.78, 5) is 4.65. The molecule has 2 heteroatoms. The first kappa shape index (κ1) is 19.9. The Morgan fingerprint density at radius 1 is 1.13 bits per heavy atom. The molecule has 0 radical (unpaired) electrons. The summed E-state index contributed by atoms with van der Waals surface area (Å²) in [7, 11) is 0. The summed E-state index contributed by atoms with van der Waals surface area (Å²) in [6.07, 6.45) is 12.9. The van der Waals surface area contributed by atoms with Crippen LogP contribution < -0.4 is 5.32 Å². The molecule has 2 aliphatic rings. The number of pyridine rings is 1. The molecule has 150 valence electrons. The molecule has 0 saturated heterocycles. The van der Waals surface area contributed by atoms with E-state index in [0.29, 0.717) is 0 Å². The Labute approximate surface area is 179 Å². The van der Waals surface area contributed by atoms with Gasteiger partial charge in [0.25, 0.3) is 0 Å². The van der Waals surface area contributed by atoms with Crippen LogP contribution in [-0.2, 0) is 0 Å². The Kier molecular flexibility index (Phi) is 5.44. The van der Waals surface area contributed by atoms with Crippen molar-refractivity contribution in [3.8, 4) is 0 Å². The largest absolute Gasteiger partial charge is 0.344 e. The molecule has 0 spiro atoms. The Balaban J connectivity index is 1.52. The summed E-state index contributed by atoms with van der Waals surface area (Å²) in [6.45, 7) is 14.4.